The van der Waals surface area contributed by atoms with Gasteiger partial charge in [0.1, 0.15) is 5.75 Å². The van der Waals surface area contributed by atoms with Gasteiger partial charge >= 0.3 is 18.3 Å². The molecule has 0 saturated carbocycles. The fraction of sp³-hybridized carbons (Fsp3) is 0.273. The van der Waals surface area contributed by atoms with Gasteiger partial charge in [-0.3, -0.25) is 0 Å². The van der Waals surface area contributed by atoms with E-state index in [1.807, 2.05) is 0 Å². The number of rotatable bonds is 3. The monoisotopic (exact) mass is 324 g/mol. The number of benzene rings is 1. The highest BCUT2D eigenvalue weighted by molar-refractivity contribution is 5.27. The van der Waals surface area contributed by atoms with Gasteiger partial charge in [0.05, 0.1) is 0 Å². The van der Waals surface area contributed by atoms with Crippen molar-refractivity contribution in [3.05, 3.63) is 41.9 Å². The highest BCUT2D eigenvalue weighted by atomic mass is 19.4. The number of alkyl halides is 8. The van der Waals surface area contributed by atoms with E-state index in [1.54, 1.807) is 0 Å². The molecule has 0 atom stereocenters. The summed E-state index contributed by atoms with van der Waals surface area (Å²) in [5, 5.41) is 0. The molecule has 1 rings (SSSR count). The van der Waals surface area contributed by atoms with Gasteiger partial charge in [-0.05, 0) is 12.1 Å². The molecular formula is C11H5F9O. The highest BCUT2D eigenvalue weighted by Crippen LogP contribution is 2.45. The first-order chi connectivity index (χ1) is 9.37. The zero-order chi connectivity index (χ0) is 16.5. The lowest BCUT2D eigenvalue weighted by molar-refractivity contribution is -0.273. The molecule has 10 heteroatoms. The lowest BCUT2D eigenvalue weighted by Crippen LogP contribution is -2.39. The van der Waals surface area contributed by atoms with E-state index in [4.69, 9.17) is 0 Å². The zero-order valence-corrected chi connectivity index (χ0v) is 9.70. The summed E-state index contributed by atoms with van der Waals surface area (Å²) in [7, 11) is 0. The molecule has 118 valence electrons. The average molecular weight is 324 g/mol. The van der Waals surface area contributed by atoms with E-state index >= 15 is 0 Å². The van der Waals surface area contributed by atoms with Crippen molar-refractivity contribution in [2.45, 2.75) is 18.3 Å². The van der Waals surface area contributed by atoms with E-state index in [1.165, 1.54) is 6.07 Å². The van der Waals surface area contributed by atoms with E-state index in [0.717, 1.165) is 24.3 Å². The number of hydrogen-bond acceptors (Lipinski definition) is 1. The standard InChI is InChI=1S/C11H5F9O/c12-7(9(13,14)11(18,19)20)8(10(15,16)17)21-6-4-2-1-3-5-6/h1-5H/b8-7+. The van der Waals surface area contributed by atoms with Gasteiger partial charge in [-0.15, -0.1) is 0 Å². The van der Waals surface area contributed by atoms with E-state index in [-0.39, 0.29) is 0 Å². The molecular weight excluding hydrogens is 319 g/mol. The summed E-state index contributed by atoms with van der Waals surface area (Å²) in [6, 6.07) is 5.19. The molecule has 0 aliphatic heterocycles. The second-order valence-corrected chi connectivity index (χ2v) is 3.63. The Labute approximate surface area is 111 Å². The molecule has 0 aliphatic rings. The number of allylic oxidation sites excluding steroid dienone is 2. The quantitative estimate of drug-likeness (QED) is 0.561. The van der Waals surface area contributed by atoms with Gasteiger partial charge < -0.3 is 4.74 Å². The molecule has 0 spiro atoms. The number of hydrogen-bond donors (Lipinski definition) is 0. The molecule has 0 unspecified atom stereocenters. The number of ether oxygens (including phenoxy) is 1. The van der Waals surface area contributed by atoms with Crippen LogP contribution in [0.25, 0.3) is 0 Å². The molecule has 0 heterocycles. The van der Waals surface area contributed by atoms with Crippen molar-refractivity contribution < 1.29 is 44.3 Å². The van der Waals surface area contributed by atoms with Crippen LogP contribution in [0.5, 0.6) is 5.75 Å². The molecule has 1 aromatic rings. The van der Waals surface area contributed by atoms with Gasteiger partial charge in [0, 0.05) is 0 Å². The van der Waals surface area contributed by atoms with Crippen molar-refractivity contribution in [1.29, 1.82) is 0 Å². The Balaban J connectivity index is 3.35. The van der Waals surface area contributed by atoms with Gasteiger partial charge in [-0.2, -0.15) is 35.1 Å². The number of para-hydroxylation sites is 1. The van der Waals surface area contributed by atoms with Crippen LogP contribution in [0.15, 0.2) is 41.9 Å². The largest absolute Gasteiger partial charge is 0.460 e. The minimum atomic E-state index is -6.53. The van der Waals surface area contributed by atoms with Crippen LogP contribution < -0.4 is 4.74 Å². The van der Waals surface area contributed by atoms with Crippen LogP contribution in [0.4, 0.5) is 39.5 Å². The van der Waals surface area contributed by atoms with Crippen molar-refractivity contribution in [2.24, 2.45) is 0 Å². The Morgan fingerprint density at radius 1 is 0.810 bits per heavy atom. The Kier molecular flexibility index (Phi) is 4.49. The second-order valence-electron chi connectivity index (χ2n) is 3.63. The van der Waals surface area contributed by atoms with Gasteiger partial charge in [-0.1, -0.05) is 18.2 Å². The average Bonchev–Trinajstić information content (AvgIpc) is 2.33. The molecule has 0 bridgehead atoms. The molecule has 0 fully saturated rings. The van der Waals surface area contributed by atoms with E-state index in [0.29, 0.717) is 0 Å². The van der Waals surface area contributed by atoms with E-state index in [9.17, 15) is 39.5 Å². The van der Waals surface area contributed by atoms with E-state index in [2.05, 4.69) is 4.74 Å². The van der Waals surface area contributed by atoms with Crippen molar-refractivity contribution >= 4 is 0 Å². The van der Waals surface area contributed by atoms with Crippen LogP contribution in [0.1, 0.15) is 0 Å². The summed E-state index contributed by atoms with van der Waals surface area (Å²) >= 11 is 0. The third-order valence-corrected chi connectivity index (χ3v) is 2.05. The molecule has 0 amide bonds. The van der Waals surface area contributed by atoms with Gasteiger partial charge in [0.25, 0.3) is 0 Å². The number of halogens is 9. The first-order valence-corrected chi connectivity index (χ1v) is 5.02. The highest BCUT2D eigenvalue weighted by Gasteiger charge is 2.64. The van der Waals surface area contributed by atoms with Crippen LogP contribution in [0.3, 0.4) is 0 Å². The fourth-order valence-electron chi connectivity index (χ4n) is 1.10. The molecule has 0 saturated heterocycles. The zero-order valence-electron chi connectivity index (χ0n) is 9.70. The summed E-state index contributed by atoms with van der Waals surface area (Å²) in [5.41, 5.74) is 0. The third kappa shape index (κ3) is 3.82. The van der Waals surface area contributed by atoms with Gasteiger partial charge in [0.15, 0.2) is 0 Å². The normalized spacial score (nSPS) is 14.7. The lowest BCUT2D eigenvalue weighted by atomic mass is 10.2. The Morgan fingerprint density at radius 2 is 1.29 bits per heavy atom. The van der Waals surface area contributed by atoms with Crippen LogP contribution in [0.2, 0.25) is 0 Å². The summed E-state index contributed by atoms with van der Waals surface area (Å²) < 4.78 is 115. The fourth-order valence-corrected chi connectivity index (χ4v) is 1.10. The third-order valence-electron chi connectivity index (χ3n) is 2.05. The van der Waals surface area contributed by atoms with Crippen LogP contribution in [0, 0.1) is 0 Å². The Hall–Kier alpha value is -1.87. The van der Waals surface area contributed by atoms with Crippen molar-refractivity contribution in [3.8, 4) is 5.75 Å². The second kappa shape index (κ2) is 5.49. The lowest BCUT2D eigenvalue weighted by Gasteiger charge is -2.21. The van der Waals surface area contributed by atoms with Crippen LogP contribution in [-0.2, 0) is 0 Å². The predicted octanol–water partition coefficient (Wildman–Crippen LogP) is 5.01. The minimum Gasteiger partial charge on any atom is -0.449 e. The van der Waals surface area contributed by atoms with E-state index < -0.39 is 35.6 Å². The van der Waals surface area contributed by atoms with Crippen molar-refractivity contribution in [2.75, 3.05) is 0 Å². The van der Waals surface area contributed by atoms with Crippen LogP contribution in [-0.4, -0.2) is 18.3 Å². The first-order valence-electron chi connectivity index (χ1n) is 5.02. The van der Waals surface area contributed by atoms with Gasteiger partial charge in [-0.25, -0.2) is 4.39 Å². The molecule has 0 radical (unpaired) electrons. The van der Waals surface area contributed by atoms with Crippen LogP contribution >= 0.6 is 0 Å². The van der Waals surface area contributed by atoms with Gasteiger partial charge in [0.2, 0.25) is 11.6 Å². The van der Waals surface area contributed by atoms with Crippen molar-refractivity contribution in [1.82, 2.24) is 0 Å². The summed E-state index contributed by atoms with van der Waals surface area (Å²) in [6.45, 7) is 0. The maximum absolute atomic E-state index is 13.1. The summed E-state index contributed by atoms with van der Waals surface area (Å²) in [4.78, 5) is 0. The molecule has 21 heavy (non-hydrogen) atoms. The maximum Gasteiger partial charge on any atom is 0.460 e. The Morgan fingerprint density at radius 3 is 1.67 bits per heavy atom. The molecule has 1 aromatic carbocycles. The summed E-state index contributed by atoms with van der Waals surface area (Å²) in [5.74, 6) is -13.9. The summed E-state index contributed by atoms with van der Waals surface area (Å²) in [6.07, 6.45) is -12.4. The first kappa shape index (κ1) is 17.2. The molecule has 1 nitrogen and oxygen atoms in total. The molecule has 0 aromatic heterocycles. The smallest absolute Gasteiger partial charge is 0.449 e. The Bertz CT molecular complexity index is 513. The molecule has 0 N–H and O–H groups in total. The minimum absolute atomic E-state index is 0.752. The van der Waals surface area contributed by atoms with Crippen molar-refractivity contribution in [3.63, 3.8) is 0 Å². The maximum atomic E-state index is 13.1. The topological polar surface area (TPSA) is 9.23 Å². The predicted molar refractivity (Wildman–Crippen MR) is 52.3 cm³/mol. The molecule has 0 aliphatic carbocycles. The SMILES string of the molecule is F/C(=C(/Oc1ccccc1)C(F)(F)F)C(F)(F)C(F)(F)F.